The topological polar surface area (TPSA) is 49.3 Å². The second kappa shape index (κ2) is 8.25. The first-order valence-electron chi connectivity index (χ1n) is 6.78. The Kier molecular flexibility index (Phi) is 6.01. The fourth-order valence-electron chi connectivity index (χ4n) is 1.82. The largest absolute Gasteiger partial charge is 0.395 e. The van der Waals surface area contributed by atoms with Crippen LogP contribution in [0.2, 0.25) is 0 Å². The average molecular weight is 299 g/mol. The van der Waals surface area contributed by atoms with Gasteiger partial charge in [-0.05, 0) is 47.0 Å². The van der Waals surface area contributed by atoms with Gasteiger partial charge in [0, 0.05) is 24.1 Å². The van der Waals surface area contributed by atoms with Crippen LogP contribution >= 0.6 is 11.3 Å². The Labute approximate surface area is 128 Å². The molecule has 0 aliphatic rings. The van der Waals surface area contributed by atoms with E-state index < -0.39 is 0 Å². The van der Waals surface area contributed by atoms with Gasteiger partial charge < -0.3 is 10.4 Å². The number of aliphatic hydroxyl groups is 1. The van der Waals surface area contributed by atoms with E-state index in [1.165, 1.54) is 5.56 Å². The maximum Gasteiger partial charge on any atom is 0.251 e. The van der Waals surface area contributed by atoms with Crippen molar-refractivity contribution >= 4 is 17.2 Å². The van der Waals surface area contributed by atoms with Gasteiger partial charge in [-0.15, -0.1) is 0 Å². The highest BCUT2D eigenvalue weighted by Crippen LogP contribution is 2.07. The minimum absolute atomic E-state index is 0.0513. The summed E-state index contributed by atoms with van der Waals surface area (Å²) in [4.78, 5) is 12.1. The fourth-order valence-corrected chi connectivity index (χ4v) is 2.52. The summed E-state index contributed by atoms with van der Waals surface area (Å²) in [7, 11) is 0. The summed E-state index contributed by atoms with van der Waals surface area (Å²) < 4.78 is 0. The summed E-state index contributed by atoms with van der Waals surface area (Å²) in [6.07, 6.45) is 1.28. The quantitative estimate of drug-likeness (QED) is 0.833. The number of nitrogens with one attached hydrogen (secondary N) is 1. The van der Waals surface area contributed by atoms with E-state index in [0.29, 0.717) is 18.5 Å². The van der Waals surface area contributed by atoms with Crippen molar-refractivity contribution in [2.24, 2.45) is 0 Å². The van der Waals surface area contributed by atoms with Gasteiger partial charge >= 0.3 is 0 Å². The molecular weight excluding hydrogens is 282 g/mol. The van der Waals surface area contributed by atoms with Crippen LogP contribution in [-0.4, -0.2) is 24.2 Å². The molecule has 0 saturated carbocycles. The van der Waals surface area contributed by atoms with Crippen molar-refractivity contribution in [1.82, 2.24) is 5.32 Å². The normalized spacial score (nSPS) is 9.76. The van der Waals surface area contributed by atoms with Gasteiger partial charge in [-0.25, -0.2) is 0 Å². The molecule has 2 aromatic rings. The molecule has 4 heteroatoms. The lowest BCUT2D eigenvalue weighted by Crippen LogP contribution is -2.25. The van der Waals surface area contributed by atoms with Crippen molar-refractivity contribution in [3.05, 3.63) is 57.8 Å². The third-order valence-corrected chi connectivity index (χ3v) is 3.61. The summed E-state index contributed by atoms with van der Waals surface area (Å²) >= 11 is 1.66. The molecule has 2 N–H and O–H groups in total. The molecule has 0 aliphatic heterocycles. The summed E-state index contributed by atoms with van der Waals surface area (Å²) in [5.74, 6) is 5.69. The number of carbonyl (C=O) groups is 1. The minimum Gasteiger partial charge on any atom is -0.395 e. The van der Waals surface area contributed by atoms with Gasteiger partial charge in [-0.2, -0.15) is 11.3 Å². The zero-order valence-electron chi connectivity index (χ0n) is 11.6. The molecule has 21 heavy (non-hydrogen) atoms. The van der Waals surface area contributed by atoms with Crippen LogP contribution in [0.3, 0.4) is 0 Å². The SMILES string of the molecule is O=C(NCCc1ccsc1)c1cccc(C#CCCO)c1. The van der Waals surface area contributed by atoms with Gasteiger partial charge in [-0.3, -0.25) is 4.79 Å². The summed E-state index contributed by atoms with van der Waals surface area (Å²) in [6.45, 7) is 0.672. The van der Waals surface area contributed by atoms with Crippen molar-refractivity contribution in [2.45, 2.75) is 12.8 Å². The number of hydrogen-bond donors (Lipinski definition) is 2. The van der Waals surface area contributed by atoms with Crippen molar-refractivity contribution in [3.8, 4) is 11.8 Å². The van der Waals surface area contributed by atoms with Crippen LogP contribution in [0.1, 0.15) is 27.9 Å². The van der Waals surface area contributed by atoms with E-state index in [0.717, 1.165) is 12.0 Å². The van der Waals surface area contributed by atoms with Crippen LogP contribution in [-0.2, 0) is 6.42 Å². The molecule has 1 heterocycles. The van der Waals surface area contributed by atoms with Crippen molar-refractivity contribution in [3.63, 3.8) is 0 Å². The number of hydrogen-bond acceptors (Lipinski definition) is 3. The first kappa shape index (κ1) is 15.3. The monoisotopic (exact) mass is 299 g/mol. The average Bonchev–Trinajstić information content (AvgIpc) is 3.01. The Hall–Kier alpha value is -2.09. The molecule has 0 atom stereocenters. The summed E-state index contributed by atoms with van der Waals surface area (Å²) in [5.41, 5.74) is 2.63. The lowest BCUT2D eigenvalue weighted by atomic mass is 10.1. The maximum absolute atomic E-state index is 12.1. The number of aliphatic hydroxyl groups excluding tert-OH is 1. The van der Waals surface area contributed by atoms with Gasteiger partial charge in [0.05, 0.1) is 6.61 Å². The van der Waals surface area contributed by atoms with E-state index >= 15 is 0 Å². The van der Waals surface area contributed by atoms with Crippen LogP contribution in [0.4, 0.5) is 0 Å². The number of amides is 1. The van der Waals surface area contributed by atoms with Gasteiger partial charge in [0.2, 0.25) is 0 Å². The Morgan fingerprint density at radius 2 is 2.24 bits per heavy atom. The molecule has 2 rings (SSSR count). The second-order valence-corrected chi connectivity index (χ2v) is 5.27. The molecule has 1 aromatic heterocycles. The number of carbonyl (C=O) groups excluding carboxylic acids is 1. The zero-order chi connectivity index (χ0) is 14.9. The maximum atomic E-state index is 12.1. The summed E-state index contributed by atoms with van der Waals surface area (Å²) in [6, 6.07) is 9.28. The molecule has 1 amide bonds. The van der Waals surface area contributed by atoms with E-state index in [9.17, 15) is 4.79 Å². The van der Waals surface area contributed by atoms with Crippen molar-refractivity contribution in [1.29, 1.82) is 0 Å². The standard InChI is InChI=1S/C17H17NO2S/c19-10-2-1-4-14-5-3-6-16(12-14)17(20)18-9-7-15-8-11-21-13-15/h3,5-6,8,11-13,19H,2,7,9-10H2,(H,18,20). The molecule has 0 saturated heterocycles. The Balaban J connectivity index is 1.90. The molecule has 0 radical (unpaired) electrons. The molecule has 1 aromatic carbocycles. The molecule has 0 aliphatic carbocycles. The molecule has 0 spiro atoms. The lowest BCUT2D eigenvalue weighted by molar-refractivity contribution is 0.0954. The Bertz CT molecular complexity index is 638. The number of thiophene rings is 1. The molecule has 0 bridgehead atoms. The highest BCUT2D eigenvalue weighted by atomic mass is 32.1. The third-order valence-electron chi connectivity index (χ3n) is 2.87. The van der Waals surface area contributed by atoms with Gasteiger partial charge in [0.25, 0.3) is 5.91 Å². The van der Waals surface area contributed by atoms with Gasteiger partial charge in [-0.1, -0.05) is 17.9 Å². The predicted molar refractivity (Wildman–Crippen MR) is 85.4 cm³/mol. The van der Waals surface area contributed by atoms with Crippen LogP contribution < -0.4 is 5.32 Å². The van der Waals surface area contributed by atoms with Crippen LogP contribution in [0.25, 0.3) is 0 Å². The molecule has 0 unspecified atom stereocenters. The molecule has 0 fully saturated rings. The van der Waals surface area contributed by atoms with Crippen molar-refractivity contribution < 1.29 is 9.90 Å². The highest BCUT2D eigenvalue weighted by Gasteiger charge is 2.05. The van der Waals surface area contributed by atoms with E-state index in [-0.39, 0.29) is 12.5 Å². The van der Waals surface area contributed by atoms with Gasteiger partial charge in [0.15, 0.2) is 0 Å². The summed E-state index contributed by atoms with van der Waals surface area (Å²) in [5, 5.41) is 15.7. The molecular formula is C17H17NO2S. The fraction of sp³-hybridized carbons (Fsp3) is 0.235. The predicted octanol–water partition coefficient (Wildman–Crippen LogP) is 2.45. The smallest absolute Gasteiger partial charge is 0.251 e. The second-order valence-electron chi connectivity index (χ2n) is 4.49. The zero-order valence-corrected chi connectivity index (χ0v) is 12.5. The van der Waals surface area contributed by atoms with E-state index in [4.69, 9.17) is 5.11 Å². The van der Waals surface area contributed by atoms with Crippen LogP contribution in [0.5, 0.6) is 0 Å². The minimum atomic E-state index is -0.0870. The van der Waals surface area contributed by atoms with E-state index in [1.54, 1.807) is 23.5 Å². The number of benzene rings is 1. The lowest BCUT2D eigenvalue weighted by Gasteiger charge is -2.04. The third kappa shape index (κ3) is 5.07. The molecule has 3 nitrogen and oxygen atoms in total. The van der Waals surface area contributed by atoms with E-state index in [1.807, 2.05) is 17.5 Å². The van der Waals surface area contributed by atoms with Crippen molar-refractivity contribution in [2.75, 3.05) is 13.2 Å². The van der Waals surface area contributed by atoms with E-state index in [2.05, 4.69) is 28.6 Å². The Morgan fingerprint density at radius 1 is 1.33 bits per heavy atom. The first-order valence-corrected chi connectivity index (χ1v) is 7.73. The molecule has 108 valence electrons. The number of rotatable bonds is 5. The van der Waals surface area contributed by atoms with Gasteiger partial charge in [0.1, 0.15) is 0 Å². The van der Waals surface area contributed by atoms with Crippen LogP contribution in [0, 0.1) is 11.8 Å². The highest BCUT2D eigenvalue weighted by molar-refractivity contribution is 7.07. The van der Waals surface area contributed by atoms with Crippen LogP contribution in [0.15, 0.2) is 41.1 Å². The Morgan fingerprint density at radius 3 is 3.00 bits per heavy atom. The first-order chi connectivity index (χ1) is 10.3.